The van der Waals surface area contributed by atoms with Crippen LogP contribution in [0.25, 0.3) is 11.3 Å². The smallest absolute Gasteiger partial charge is 0.170 e. The molecule has 0 unspecified atom stereocenters. The molecule has 142 valence electrons. The lowest BCUT2D eigenvalue weighted by atomic mass is 10.0. The number of benzene rings is 1. The molecule has 1 saturated carbocycles. The summed E-state index contributed by atoms with van der Waals surface area (Å²) in [7, 11) is 0. The predicted octanol–water partition coefficient (Wildman–Crippen LogP) is 5.26. The zero-order valence-corrected chi connectivity index (χ0v) is 16.4. The van der Waals surface area contributed by atoms with Gasteiger partial charge in [-0.1, -0.05) is 49.2 Å². The fourth-order valence-electron chi connectivity index (χ4n) is 4.52. The second-order valence-electron chi connectivity index (χ2n) is 7.54. The van der Waals surface area contributed by atoms with Gasteiger partial charge in [-0.25, -0.2) is 0 Å². The van der Waals surface area contributed by atoms with Crippen molar-refractivity contribution in [2.24, 2.45) is 0 Å². The molecule has 3 heterocycles. The first-order valence-corrected chi connectivity index (χ1v) is 10.4. The van der Waals surface area contributed by atoms with Crippen LogP contribution in [-0.2, 0) is 0 Å². The number of nitrogens with zero attached hydrogens (tertiary/aromatic N) is 2. The lowest BCUT2D eigenvalue weighted by Crippen LogP contribution is -2.37. The third-order valence-corrected chi connectivity index (χ3v) is 6.16. The largest absolute Gasteiger partial charge is 0.459 e. The van der Waals surface area contributed by atoms with Crippen molar-refractivity contribution in [3.63, 3.8) is 0 Å². The number of pyridine rings is 1. The minimum absolute atomic E-state index is 0.0101. The van der Waals surface area contributed by atoms with Crippen molar-refractivity contribution in [1.29, 1.82) is 0 Å². The first-order valence-electron chi connectivity index (χ1n) is 9.96. The molecule has 3 aromatic rings. The first-order chi connectivity index (χ1) is 13.8. The Morgan fingerprint density at radius 3 is 2.50 bits per heavy atom. The summed E-state index contributed by atoms with van der Waals surface area (Å²) in [5, 5.41) is 4.34. The molecular weight excluding hydrogens is 366 g/mol. The van der Waals surface area contributed by atoms with Crippen LogP contribution < -0.4 is 5.32 Å². The summed E-state index contributed by atoms with van der Waals surface area (Å²) in [5.41, 5.74) is 2.08. The van der Waals surface area contributed by atoms with Gasteiger partial charge in [0.05, 0.1) is 11.7 Å². The molecule has 1 aromatic carbocycles. The maximum absolute atomic E-state index is 6.37. The normalized spacial score (nSPS) is 22.6. The summed E-state index contributed by atoms with van der Waals surface area (Å²) in [4.78, 5) is 6.98. The van der Waals surface area contributed by atoms with E-state index in [9.17, 15) is 0 Å². The number of rotatable bonds is 4. The molecule has 28 heavy (non-hydrogen) atoms. The van der Waals surface area contributed by atoms with E-state index in [4.69, 9.17) is 16.6 Å². The summed E-state index contributed by atoms with van der Waals surface area (Å²) < 4.78 is 6.37. The lowest BCUT2D eigenvalue weighted by Gasteiger charge is -2.31. The fraction of sp³-hybridized carbons (Fsp3) is 0.304. The molecule has 0 radical (unpaired) electrons. The van der Waals surface area contributed by atoms with Gasteiger partial charge in [0.1, 0.15) is 17.6 Å². The Bertz CT molecular complexity index is 950. The molecule has 2 aromatic heterocycles. The van der Waals surface area contributed by atoms with E-state index < -0.39 is 0 Å². The average molecular weight is 390 g/mol. The van der Waals surface area contributed by atoms with Crippen molar-refractivity contribution in [3.8, 4) is 11.3 Å². The maximum Gasteiger partial charge on any atom is 0.170 e. The SMILES string of the molecule is S=C1N[C@@H](c2ccccn2)[C@H](c2ccc(-c3ccccc3)o2)N1C1CCCC1. The molecule has 5 rings (SSSR count). The van der Waals surface area contributed by atoms with Crippen LogP contribution in [0.3, 0.4) is 0 Å². The van der Waals surface area contributed by atoms with Crippen LogP contribution in [0.2, 0.25) is 0 Å². The van der Waals surface area contributed by atoms with E-state index in [0.717, 1.165) is 27.9 Å². The molecule has 0 amide bonds. The molecule has 5 heteroatoms. The number of hydrogen-bond acceptors (Lipinski definition) is 3. The van der Waals surface area contributed by atoms with E-state index in [2.05, 4.69) is 45.5 Å². The van der Waals surface area contributed by atoms with Crippen molar-refractivity contribution < 1.29 is 4.42 Å². The minimum Gasteiger partial charge on any atom is -0.459 e. The van der Waals surface area contributed by atoms with Crippen molar-refractivity contribution >= 4 is 17.3 Å². The van der Waals surface area contributed by atoms with Gasteiger partial charge >= 0.3 is 0 Å². The van der Waals surface area contributed by atoms with Crippen molar-refractivity contribution in [1.82, 2.24) is 15.2 Å². The Morgan fingerprint density at radius 2 is 1.75 bits per heavy atom. The molecular formula is C23H23N3OS. The molecule has 1 aliphatic heterocycles. The quantitative estimate of drug-likeness (QED) is 0.617. The topological polar surface area (TPSA) is 41.3 Å². The maximum atomic E-state index is 6.37. The zero-order chi connectivity index (χ0) is 18.9. The van der Waals surface area contributed by atoms with Gasteiger partial charge in [-0.2, -0.15) is 0 Å². The third kappa shape index (κ3) is 3.10. The van der Waals surface area contributed by atoms with Crippen LogP contribution >= 0.6 is 12.2 Å². The third-order valence-electron chi connectivity index (χ3n) is 5.83. The molecule has 1 N–H and O–H groups in total. The number of aromatic nitrogens is 1. The average Bonchev–Trinajstić information content (AvgIpc) is 3.48. The van der Waals surface area contributed by atoms with E-state index in [0.29, 0.717) is 6.04 Å². The number of nitrogens with one attached hydrogen (secondary N) is 1. The number of thiocarbonyl (C=S) groups is 1. The van der Waals surface area contributed by atoms with Gasteiger partial charge in [-0.3, -0.25) is 4.98 Å². The van der Waals surface area contributed by atoms with E-state index in [-0.39, 0.29) is 12.1 Å². The van der Waals surface area contributed by atoms with Crippen molar-refractivity contribution in [2.45, 2.75) is 43.8 Å². The van der Waals surface area contributed by atoms with Gasteiger partial charge in [-0.15, -0.1) is 0 Å². The summed E-state index contributed by atoms with van der Waals surface area (Å²) in [5.74, 6) is 1.83. The van der Waals surface area contributed by atoms with Crippen LogP contribution in [0.5, 0.6) is 0 Å². The first kappa shape index (κ1) is 17.4. The molecule has 2 aliphatic rings. The van der Waals surface area contributed by atoms with E-state index in [1.807, 2.05) is 36.5 Å². The molecule has 0 spiro atoms. The molecule has 2 fully saturated rings. The second-order valence-corrected chi connectivity index (χ2v) is 7.93. The summed E-state index contributed by atoms with van der Waals surface area (Å²) in [6.45, 7) is 0. The highest BCUT2D eigenvalue weighted by atomic mass is 32.1. The van der Waals surface area contributed by atoms with Crippen LogP contribution in [0.1, 0.15) is 49.2 Å². The predicted molar refractivity (Wildman–Crippen MR) is 114 cm³/mol. The summed E-state index contributed by atoms with van der Waals surface area (Å²) >= 11 is 5.78. The number of furan rings is 1. The van der Waals surface area contributed by atoms with Gasteiger partial charge in [0, 0.05) is 17.8 Å². The van der Waals surface area contributed by atoms with Gasteiger partial charge in [0.15, 0.2) is 5.11 Å². The van der Waals surface area contributed by atoms with Gasteiger partial charge in [0.2, 0.25) is 0 Å². The van der Waals surface area contributed by atoms with Crippen molar-refractivity contribution in [3.05, 3.63) is 78.3 Å². The molecule has 1 aliphatic carbocycles. The van der Waals surface area contributed by atoms with Crippen LogP contribution in [0, 0.1) is 0 Å². The standard InChI is InChI=1S/C23H23N3OS/c28-23-25-21(18-12-6-7-15-24-18)22(26(23)17-10-4-5-11-17)20-14-13-19(27-20)16-8-2-1-3-9-16/h1-3,6-9,12-15,17,21-22H,4-5,10-11H2,(H,25,28)/t21-,22-/m0/s1. The molecule has 1 saturated heterocycles. The Morgan fingerprint density at radius 1 is 0.964 bits per heavy atom. The fourth-order valence-corrected chi connectivity index (χ4v) is 4.90. The monoisotopic (exact) mass is 389 g/mol. The van der Waals surface area contributed by atoms with Crippen molar-refractivity contribution in [2.75, 3.05) is 0 Å². The Hall–Kier alpha value is -2.66. The molecule has 2 atom stereocenters. The van der Waals surface area contributed by atoms with E-state index in [1.54, 1.807) is 0 Å². The second kappa shape index (κ2) is 7.40. The Labute approximate surface area is 170 Å². The van der Waals surface area contributed by atoms with E-state index in [1.165, 1.54) is 25.7 Å². The zero-order valence-electron chi connectivity index (χ0n) is 15.6. The highest BCUT2D eigenvalue weighted by Crippen LogP contribution is 2.43. The Balaban J connectivity index is 1.55. The van der Waals surface area contributed by atoms with Crippen LogP contribution in [0.4, 0.5) is 0 Å². The van der Waals surface area contributed by atoms with Crippen LogP contribution in [0.15, 0.2) is 71.3 Å². The highest BCUT2D eigenvalue weighted by molar-refractivity contribution is 7.80. The summed E-state index contributed by atoms with van der Waals surface area (Å²) in [6.07, 6.45) is 6.72. The molecule has 4 nitrogen and oxygen atoms in total. The van der Waals surface area contributed by atoms with Crippen LogP contribution in [-0.4, -0.2) is 21.0 Å². The molecule has 0 bridgehead atoms. The van der Waals surface area contributed by atoms with Gasteiger partial charge in [0.25, 0.3) is 0 Å². The number of hydrogen-bond donors (Lipinski definition) is 1. The summed E-state index contributed by atoms with van der Waals surface area (Å²) in [6, 6.07) is 20.9. The highest BCUT2D eigenvalue weighted by Gasteiger charge is 2.45. The van der Waals surface area contributed by atoms with Gasteiger partial charge < -0.3 is 14.6 Å². The minimum atomic E-state index is -0.0101. The van der Waals surface area contributed by atoms with E-state index >= 15 is 0 Å². The van der Waals surface area contributed by atoms with Gasteiger partial charge in [-0.05, 0) is 49.3 Å². The Kier molecular flexibility index (Phi) is 4.61. The lowest BCUT2D eigenvalue weighted by molar-refractivity contribution is 0.218.